The van der Waals surface area contributed by atoms with E-state index in [4.69, 9.17) is 9.47 Å². The molecule has 2 aliphatic heterocycles. The molecule has 0 radical (unpaired) electrons. The molecule has 0 spiro atoms. The summed E-state index contributed by atoms with van der Waals surface area (Å²) in [6, 6.07) is 0.225. The van der Waals surface area contributed by atoms with Crippen LogP contribution in [0.2, 0.25) is 0 Å². The van der Waals surface area contributed by atoms with E-state index in [0.717, 1.165) is 19.3 Å². The van der Waals surface area contributed by atoms with Crippen molar-refractivity contribution >= 4 is 23.1 Å². The van der Waals surface area contributed by atoms with Crippen molar-refractivity contribution in [3.63, 3.8) is 0 Å². The average Bonchev–Trinajstić information content (AvgIpc) is 3.39. The first kappa shape index (κ1) is 19.4. The molecule has 0 bridgehead atoms. The largest absolute Gasteiger partial charge is 0.381 e. The van der Waals surface area contributed by atoms with E-state index in [-0.39, 0.29) is 24.2 Å². The molecule has 1 aliphatic carbocycles. The van der Waals surface area contributed by atoms with Gasteiger partial charge in [0, 0.05) is 32.3 Å². The second-order valence-corrected chi connectivity index (χ2v) is 7.75. The molecule has 4 heterocycles. The van der Waals surface area contributed by atoms with Crippen LogP contribution in [-0.4, -0.2) is 52.0 Å². The lowest BCUT2D eigenvalue weighted by Gasteiger charge is -2.23. The standard InChI is InChI=1S/C20H24F2N6O2/c21-14-2-1-3-15(22)17(14)26-20-25-16-10-23-19(24-12-4-7-29-8-5-12)27-18(16)28(20)13-6-9-30-11-13/h2,10,12-13H,1,3-9,11H2,(H,25,26)(H,23,24,27)/t13-/m0/s1. The Bertz CT molecular complexity index is 993. The summed E-state index contributed by atoms with van der Waals surface area (Å²) in [4.78, 5) is 13.6. The molecule has 3 aliphatic rings. The maximum Gasteiger partial charge on any atom is 0.224 e. The summed E-state index contributed by atoms with van der Waals surface area (Å²) >= 11 is 0. The Morgan fingerprint density at radius 2 is 1.90 bits per heavy atom. The smallest absolute Gasteiger partial charge is 0.224 e. The van der Waals surface area contributed by atoms with Crippen molar-refractivity contribution in [2.24, 2.45) is 0 Å². The summed E-state index contributed by atoms with van der Waals surface area (Å²) in [6.45, 7) is 2.54. The molecule has 0 amide bonds. The number of allylic oxidation sites excluding steroid dienone is 3. The first-order chi connectivity index (χ1) is 14.7. The van der Waals surface area contributed by atoms with E-state index in [9.17, 15) is 8.78 Å². The Morgan fingerprint density at radius 1 is 1.07 bits per heavy atom. The summed E-state index contributed by atoms with van der Waals surface area (Å²) in [5.41, 5.74) is 1.01. The molecule has 160 valence electrons. The van der Waals surface area contributed by atoms with Gasteiger partial charge in [0.2, 0.25) is 11.9 Å². The molecule has 2 fully saturated rings. The van der Waals surface area contributed by atoms with E-state index >= 15 is 0 Å². The molecule has 0 unspecified atom stereocenters. The normalized spacial score (nSPS) is 23.1. The van der Waals surface area contributed by atoms with Crippen LogP contribution < -0.4 is 10.6 Å². The van der Waals surface area contributed by atoms with Gasteiger partial charge in [-0.1, -0.05) is 0 Å². The number of rotatable bonds is 5. The van der Waals surface area contributed by atoms with Crippen molar-refractivity contribution in [1.29, 1.82) is 0 Å². The highest BCUT2D eigenvalue weighted by atomic mass is 19.1. The predicted molar refractivity (Wildman–Crippen MR) is 107 cm³/mol. The lowest BCUT2D eigenvalue weighted by molar-refractivity contribution is 0.0903. The van der Waals surface area contributed by atoms with Gasteiger partial charge in [-0.3, -0.25) is 4.57 Å². The Kier molecular flexibility index (Phi) is 5.34. The van der Waals surface area contributed by atoms with Crippen molar-refractivity contribution < 1.29 is 18.3 Å². The van der Waals surface area contributed by atoms with Gasteiger partial charge in [-0.2, -0.15) is 4.98 Å². The molecular formula is C20H24F2N6O2. The number of nitrogens with one attached hydrogen (secondary N) is 2. The molecule has 2 saturated heterocycles. The van der Waals surface area contributed by atoms with Crippen molar-refractivity contribution in [2.45, 2.75) is 44.2 Å². The first-order valence-corrected chi connectivity index (χ1v) is 10.4. The van der Waals surface area contributed by atoms with Crippen molar-refractivity contribution in [3.05, 3.63) is 29.6 Å². The van der Waals surface area contributed by atoms with Crippen LogP contribution in [0.3, 0.4) is 0 Å². The molecule has 30 heavy (non-hydrogen) atoms. The quantitative estimate of drug-likeness (QED) is 0.767. The van der Waals surface area contributed by atoms with Crippen molar-refractivity contribution in [3.8, 4) is 0 Å². The number of hydrogen-bond acceptors (Lipinski definition) is 7. The lowest BCUT2D eigenvalue weighted by atomic mass is 10.1. The minimum atomic E-state index is -0.604. The third-order valence-corrected chi connectivity index (χ3v) is 5.69. The maximum atomic E-state index is 14.3. The van der Waals surface area contributed by atoms with Gasteiger partial charge in [-0.05, 0) is 31.8 Å². The van der Waals surface area contributed by atoms with Gasteiger partial charge >= 0.3 is 0 Å². The molecular weight excluding hydrogens is 394 g/mol. The topological polar surface area (TPSA) is 86.1 Å². The Morgan fingerprint density at radius 3 is 2.67 bits per heavy atom. The zero-order valence-corrected chi connectivity index (χ0v) is 16.5. The number of ether oxygens (including phenoxy) is 2. The number of nitrogens with zero attached hydrogens (tertiary/aromatic N) is 4. The Hall–Kier alpha value is -2.59. The van der Waals surface area contributed by atoms with Gasteiger partial charge < -0.3 is 20.1 Å². The molecule has 0 saturated carbocycles. The Labute approximate surface area is 172 Å². The van der Waals surface area contributed by atoms with E-state index < -0.39 is 11.7 Å². The molecule has 0 aromatic carbocycles. The lowest BCUT2D eigenvalue weighted by Crippen LogP contribution is -2.28. The van der Waals surface area contributed by atoms with Gasteiger partial charge in [0.1, 0.15) is 22.9 Å². The highest BCUT2D eigenvalue weighted by Crippen LogP contribution is 2.33. The van der Waals surface area contributed by atoms with Crippen LogP contribution in [0.5, 0.6) is 0 Å². The predicted octanol–water partition coefficient (Wildman–Crippen LogP) is 3.62. The second kappa shape index (κ2) is 8.27. The van der Waals surface area contributed by atoms with Gasteiger partial charge in [0.25, 0.3) is 0 Å². The summed E-state index contributed by atoms with van der Waals surface area (Å²) in [5.74, 6) is -0.263. The van der Waals surface area contributed by atoms with E-state index in [1.54, 1.807) is 6.20 Å². The highest BCUT2D eigenvalue weighted by molar-refractivity contribution is 5.76. The number of halogens is 2. The number of hydrogen-bond donors (Lipinski definition) is 2. The molecule has 5 rings (SSSR count). The number of anilines is 2. The maximum absolute atomic E-state index is 14.3. The van der Waals surface area contributed by atoms with E-state index in [2.05, 4.69) is 25.6 Å². The van der Waals surface area contributed by atoms with Crippen LogP contribution in [0, 0.1) is 0 Å². The Balaban J connectivity index is 1.51. The van der Waals surface area contributed by atoms with Crippen LogP contribution in [0.25, 0.3) is 11.2 Å². The fourth-order valence-electron chi connectivity index (χ4n) is 4.07. The minimum Gasteiger partial charge on any atom is -0.381 e. The third kappa shape index (κ3) is 3.77. The van der Waals surface area contributed by atoms with Crippen molar-refractivity contribution in [1.82, 2.24) is 19.5 Å². The average molecular weight is 418 g/mol. The molecule has 8 nitrogen and oxygen atoms in total. The van der Waals surface area contributed by atoms with Crippen LogP contribution in [0.1, 0.15) is 38.1 Å². The summed E-state index contributed by atoms with van der Waals surface area (Å²) in [6.07, 6.45) is 6.09. The van der Waals surface area contributed by atoms with Crippen LogP contribution >= 0.6 is 0 Å². The summed E-state index contributed by atoms with van der Waals surface area (Å²) < 4.78 is 41.4. The fraction of sp³-hybridized carbons (Fsp3) is 0.550. The number of imidazole rings is 1. The van der Waals surface area contributed by atoms with Gasteiger partial charge in [-0.25, -0.2) is 18.7 Å². The number of aromatic nitrogens is 4. The summed E-state index contributed by atoms with van der Waals surface area (Å²) in [5, 5.41) is 6.23. The molecule has 2 N–H and O–H groups in total. The monoisotopic (exact) mass is 418 g/mol. The van der Waals surface area contributed by atoms with Crippen LogP contribution in [0.15, 0.2) is 29.6 Å². The second-order valence-electron chi connectivity index (χ2n) is 7.75. The zero-order chi connectivity index (χ0) is 20.5. The van der Waals surface area contributed by atoms with Crippen LogP contribution in [-0.2, 0) is 9.47 Å². The molecule has 2 aromatic rings. The van der Waals surface area contributed by atoms with Crippen molar-refractivity contribution in [2.75, 3.05) is 37.1 Å². The highest BCUT2D eigenvalue weighted by Gasteiger charge is 2.27. The first-order valence-electron chi connectivity index (χ1n) is 10.4. The van der Waals surface area contributed by atoms with Crippen LogP contribution in [0.4, 0.5) is 20.7 Å². The van der Waals surface area contributed by atoms with Gasteiger partial charge in [0.15, 0.2) is 5.65 Å². The molecule has 2 aromatic heterocycles. The zero-order valence-electron chi connectivity index (χ0n) is 16.5. The third-order valence-electron chi connectivity index (χ3n) is 5.69. The SMILES string of the molecule is FC1=CCCC(F)=C1Nc1nc2cnc(NC3CCOCC3)nc2n1[C@H]1CCOC1. The number of fused-ring (bicyclic) bond motifs is 1. The molecule has 10 heteroatoms. The minimum absolute atomic E-state index is 0.0253. The van der Waals surface area contributed by atoms with E-state index in [1.807, 2.05) is 4.57 Å². The van der Waals surface area contributed by atoms with Gasteiger partial charge in [0.05, 0.1) is 18.8 Å². The van der Waals surface area contributed by atoms with Gasteiger partial charge in [-0.15, -0.1) is 0 Å². The summed E-state index contributed by atoms with van der Waals surface area (Å²) in [7, 11) is 0. The molecule has 1 atom stereocenters. The van der Waals surface area contributed by atoms with E-state index in [1.165, 1.54) is 6.08 Å². The van der Waals surface area contributed by atoms with E-state index in [0.29, 0.717) is 55.9 Å². The fourth-order valence-corrected chi connectivity index (χ4v) is 4.07.